The van der Waals surface area contributed by atoms with E-state index < -0.39 is 5.56 Å². The molecule has 0 atom stereocenters. The van der Waals surface area contributed by atoms with Gasteiger partial charge < -0.3 is 0 Å². The van der Waals surface area contributed by atoms with Crippen LogP contribution in [0.5, 0.6) is 0 Å². The van der Waals surface area contributed by atoms with E-state index >= 15 is 0 Å². The molecule has 0 radical (unpaired) electrons. The number of aryl methyl sites for hydroxylation is 1. The van der Waals surface area contributed by atoms with E-state index in [4.69, 9.17) is 0 Å². The Morgan fingerprint density at radius 1 is 0.867 bits per heavy atom. The van der Waals surface area contributed by atoms with Crippen LogP contribution in [0.3, 0.4) is 0 Å². The third kappa shape index (κ3) is 2.88. The molecule has 0 bridgehead atoms. The maximum absolute atomic E-state index is 13.5. The first-order valence-corrected chi connectivity index (χ1v) is 9.52. The largest absolute Gasteiger partial charge is 0.296 e. The lowest BCUT2D eigenvalue weighted by Crippen LogP contribution is -2.29. The minimum absolute atomic E-state index is 0.0311. The molecule has 148 valence electrons. The van der Waals surface area contributed by atoms with Crippen molar-refractivity contribution in [2.24, 2.45) is 7.05 Å². The van der Waals surface area contributed by atoms with Gasteiger partial charge in [-0.1, -0.05) is 48.5 Å². The first kappa shape index (κ1) is 19.2. The first-order chi connectivity index (χ1) is 14.5. The van der Waals surface area contributed by atoms with Gasteiger partial charge >= 0.3 is 0 Å². The molecule has 30 heavy (non-hydrogen) atoms. The SMILES string of the molecule is Cc1cc(-c2ccccc2)n(-c2c(C)n(C)n(-c3ccccc3)c2=O)c(=O)c1C#N. The summed E-state index contributed by atoms with van der Waals surface area (Å²) in [4.78, 5) is 26.9. The van der Waals surface area contributed by atoms with Crippen LogP contribution in [0.25, 0.3) is 22.6 Å². The summed E-state index contributed by atoms with van der Waals surface area (Å²) < 4.78 is 4.62. The van der Waals surface area contributed by atoms with Gasteiger partial charge in [0.25, 0.3) is 11.1 Å². The first-order valence-electron chi connectivity index (χ1n) is 9.52. The van der Waals surface area contributed by atoms with Crippen molar-refractivity contribution in [2.45, 2.75) is 13.8 Å². The van der Waals surface area contributed by atoms with Crippen LogP contribution in [0.4, 0.5) is 0 Å². The summed E-state index contributed by atoms with van der Waals surface area (Å²) in [7, 11) is 1.78. The molecule has 0 aliphatic carbocycles. The van der Waals surface area contributed by atoms with Crippen LogP contribution in [0.1, 0.15) is 16.8 Å². The van der Waals surface area contributed by atoms with E-state index in [1.54, 1.807) is 31.6 Å². The quantitative estimate of drug-likeness (QED) is 0.532. The topological polar surface area (TPSA) is 72.7 Å². The van der Waals surface area contributed by atoms with Crippen molar-refractivity contribution in [3.8, 4) is 28.7 Å². The number of nitrogens with zero attached hydrogens (tertiary/aromatic N) is 4. The van der Waals surface area contributed by atoms with Gasteiger partial charge in [0.15, 0.2) is 0 Å². The van der Waals surface area contributed by atoms with E-state index in [0.29, 0.717) is 22.6 Å². The highest BCUT2D eigenvalue weighted by molar-refractivity contribution is 5.65. The Balaban J connectivity index is 2.14. The molecule has 2 aromatic carbocycles. The van der Waals surface area contributed by atoms with Gasteiger partial charge in [-0.2, -0.15) is 5.26 Å². The average Bonchev–Trinajstić information content (AvgIpc) is 2.98. The molecule has 6 heteroatoms. The summed E-state index contributed by atoms with van der Waals surface area (Å²) in [5.74, 6) is 0. The van der Waals surface area contributed by atoms with Crippen molar-refractivity contribution in [1.82, 2.24) is 13.9 Å². The van der Waals surface area contributed by atoms with Crippen LogP contribution >= 0.6 is 0 Å². The van der Waals surface area contributed by atoms with Gasteiger partial charge in [-0.25, -0.2) is 4.68 Å². The number of hydrogen-bond donors (Lipinski definition) is 0. The van der Waals surface area contributed by atoms with Crippen LogP contribution in [0.15, 0.2) is 76.3 Å². The Hall–Kier alpha value is -4.11. The summed E-state index contributed by atoms with van der Waals surface area (Å²) in [5.41, 5.74) is 2.70. The molecule has 0 spiro atoms. The summed E-state index contributed by atoms with van der Waals surface area (Å²) in [6.45, 7) is 3.53. The molecular formula is C24H20N4O2. The zero-order chi connectivity index (χ0) is 21.4. The van der Waals surface area contributed by atoms with Gasteiger partial charge in [0.05, 0.1) is 17.1 Å². The van der Waals surface area contributed by atoms with Gasteiger partial charge in [-0.15, -0.1) is 0 Å². The molecule has 0 aliphatic heterocycles. The summed E-state index contributed by atoms with van der Waals surface area (Å²) in [6.07, 6.45) is 0. The fourth-order valence-corrected chi connectivity index (χ4v) is 3.72. The van der Waals surface area contributed by atoms with E-state index in [2.05, 4.69) is 0 Å². The monoisotopic (exact) mass is 396 g/mol. The number of benzene rings is 2. The number of aromatic nitrogens is 3. The average molecular weight is 396 g/mol. The third-order valence-corrected chi connectivity index (χ3v) is 5.33. The number of pyridine rings is 1. The van der Waals surface area contributed by atoms with Crippen molar-refractivity contribution in [2.75, 3.05) is 0 Å². The fraction of sp³-hybridized carbons (Fsp3) is 0.125. The molecule has 0 aliphatic rings. The maximum atomic E-state index is 13.5. The van der Waals surface area contributed by atoms with Crippen LogP contribution in [-0.4, -0.2) is 13.9 Å². The lowest BCUT2D eigenvalue weighted by Gasteiger charge is -2.14. The molecule has 0 saturated heterocycles. The minimum atomic E-state index is -0.498. The van der Waals surface area contributed by atoms with E-state index in [9.17, 15) is 14.9 Å². The Kier molecular flexibility index (Phi) is 4.72. The fourth-order valence-electron chi connectivity index (χ4n) is 3.72. The zero-order valence-corrected chi connectivity index (χ0v) is 17.0. The van der Waals surface area contributed by atoms with Crippen molar-refractivity contribution in [3.63, 3.8) is 0 Å². The van der Waals surface area contributed by atoms with Crippen LogP contribution in [0, 0.1) is 25.2 Å². The second-order valence-corrected chi connectivity index (χ2v) is 7.12. The molecule has 0 saturated carbocycles. The molecule has 4 aromatic rings. The molecule has 0 amide bonds. The third-order valence-electron chi connectivity index (χ3n) is 5.33. The molecule has 0 fully saturated rings. The van der Waals surface area contributed by atoms with Crippen LogP contribution in [-0.2, 0) is 7.05 Å². The molecule has 6 nitrogen and oxygen atoms in total. The van der Waals surface area contributed by atoms with E-state index in [1.807, 2.05) is 66.7 Å². The highest BCUT2D eigenvalue weighted by Gasteiger charge is 2.23. The number of hydrogen-bond acceptors (Lipinski definition) is 3. The number of rotatable bonds is 3. The van der Waals surface area contributed by atoms with Crippen molar-refractivity contribution in [3.05, 3.63) is 104 Å². The highest BCUT2D eigenvalue weighted by Crippen LogP contribution is 2.24. The zero-order valence-electron chi connectivity index (χ0n) is 17.0. The van der Waals surface area contributed by atoms with Crippen LogP contribution < -0.4 is 11.1 Å². The van der Waals surface area contributed by atoms with Gasteiger partial charge in [0.1, 0.15) is 17.3 Å². The maximum Gasteiger partial charge on any atom is 0.296 e. The summed E-state index contributed by atoms with van der Waals surface area (Å²) in [6, 6.07) is 22.4. The minimum Gasteiger partial charge on any atom is -0.283 e. The molecule has 0 unspecified atom stereocenters. The van der Waals surface area contributed by atoms with Crippen LogP contribution in [0.2, 0.25) is 0 Å². The van der Waals surface area contributed by atoms with Gasteiger partial charge in [0, 0.05) is 7.05 Å². The second-order valence-electron chi connectivity index (χ2n) is 7.12. The van der Waals surface area contributed by atoms with Gasteiger partial charge in [0.2, 0.25) is 0 Å². The Bertz CT molecular complexity index is 1400. The smallest absolute Gasteiger partial charge is 0.283 e. The van der Waals surface area contributed by atoms with Gasteiger partial charge in [-0.05, 0) is 43.2 Å². The molecule has 0 N–H and O–H groups in total. The molecule has 2 heterocycles. The Labute approximate surface area is 173 Å². The second kappa shape index (κ2) is 7.37. The lowest BCUT2D eigenvalue weighted by molar-refractivity contribution is 0.630. The number of para-hydroxylation sites is 1. The highest BCUT2D eigenvalue weighted by atomic mass is 16.1. The Morgan fingerprint density at radius 3 is 2.07 bits per heavy atom. The van der Waals surface area contributed by atoms with Crippen molar-refractivity contribution >= 4 is 0 Å². The van der Waals surface area contributed by atoms with E-state index in [-0.39, 0.29) is 16.8 Å². The predicted molar refractivity (Wildman–Crippen MR) is 116 cm³/mol. The lowest BCUT2D eigenvalue weighted by atomic mass is 10.1. The van der Waals surface area contributed by atoms with Gasteiger partial charge in [-0.3, -0.25) is 18.8 Å². The summed E-state index contributed by atoms with van der Waals surface area (Å²) >= 11 is 0. The summed E-state index contributed by atoms with van der Waals surface area (Å²) in [5, 5.41) is 9.56. The Morgan fingerprint density at radius 2 is 1.47 bits per heavy atom. The van der Waals surface area contributed by atoms with Crippen molar-refractivity contribution in [1.29, 1.82) is 5.26 Å². The molecule has 2 aromatic heterocycles. The molecular weight excluding hydrogens is 376 g/mol. The predicted octanol–water partition coefficient (Wildman–Crippen LogP) is 3.48. The normalized spacial score (nSPS) is 10.7. The standard InChI is InChI=1S/C24H20N4O2/c1-16-14-21(18-10-6-4-7-11-18)27(23(29)20(16)15-25)22-17(2)26(3)28(24(22)30)19-12-8-5-9-13-19/h4-14H,1-3H3. The molecule has 4 rings (SSSR count). The van der Waals surface area contributed by atoms with E-state index in [0.717, 1.165) is 5.56 Å². The van der Waals surface area contributed by atoms with E-state index in [1.165, 1.54) is 9.25 Å². The van der Waals surface area contributed by atoms with Crippen molar-refractivity contribution < 1.29 is 0 Å². The number of nitriles is 1.